The van der Waals surface area contributed by atoms with E-state index in [1.54, 1.807) is 20.3 Å². The summed E-state index contributed by atoms with van der Waals surface area (Å²) < 4.78 is 10.3. The second-order valence-electron chi connectivity index (χ2n) is 3.71. The van der Waals surface area contributed by atoms with Crippen LogP contribution < -0.4 is 10.6 Å². The highest BCUT2D eigenvalue weighted by Gasteiger charge is 2.16. The average Bonchev–Trinajstić information content (AvgIpc) is 2.33. The highest BCUT2D eigenvalue weighted by molar-refractivity contribution is 7.80. The van der Waals surface area contributed by atoms with Crippen LogP contribution in [-0.4, -0.2) is 31.7 Å². The Morgan fingerprint density at radius 2 is 1.89 bits per heavy atom. The van der Waals surface area contributed by atoms with Crippen LogP contribution in [0, 0.1) is 0 Å². The second-order valence-corrected chi connectivity index (χ2v) is 4.52. The molecule has 0 saturated carbocycles. The molecule has 0 aliphatic carbocycles. The normalized spacial score (nSPS) is 12.3. The predicted octanol–water partition coefficient (Wildman–Crippen LogP) is 2.63. The molecule has 1 aromatic carbocycles. The molecule has 2 N–H and O–H groups in total. The van der Waals surface area contributed by atoms with Crippen molar-refractivity contribution < 1.29 is 9.47 Å². The zero-order valence-electron chi connectivity index (χ0n) is 10.6. The van der Waals surface area contributed by atoms with Gasteiger partial charge in [-0.25, -0.2) is 0 Å². The van der Waals surface area contributed by atoms with Crippen LogP contribution in [0.3, 0.4) is 0 Å². The summed E-state index contributed by atoms with van der Waals surface area (Å²) in [6, 6.07) is 7.31. The van der Waals surface area contributed by atoms with Crippen molar-refractivity contribution in [2.75, 3.05) is 19.5 Å². The Morgan fingerprint density at radius 1 is 1.28 bits per heavy atom. The van der Waals surface area contributed by atoms with Crippen LogP contribution in [0.1, 0.15) is 6.92 Å². The molecule has 0 aliphatic heterocycles. The molecule has 100 valence electrons. The van der Waals surface area contributed by atoms with Crippen LogP contribution in [-0.2, 0) is 9.47 Å². The molecular formula is C12H17ClN2O2S. The Labute approximate surface area is 118 Å². The molecule has 0 amide bonds. The van der Waals surface area contributed by atoms with Crippen LogP contribution in [0.4, 0.5) is 5.69 Å². The van der Waals surface area contributed by atoms with Gasteiger partial charge in [-0.05, 0) is 31.3 Å². The Morgan fingerprint density at radius 3 is 2.44 bits per heavy atom. The standard InChI is InChI=1S/C12H17ClN2O2S/c1-8(11(16-2)17-3)14-12(18)15-10-7-5-4-6-9(10)13/h4-8,11H,1-3H3,(H2,14,15,18). The minimum Gasteiger partial charge on any atom is -0.355 e. The van der Waals surface area contributed by atoms with Crippen LogP contribution in [0.2, 0.25) is 5.02 Å². The van der Waals surface area contributed by atoms with Gasteiger partial charge in [-0.2, -0.15) is 0 Å². The molecule has 0 spiro atoms. The van der Waals surface area contributed by atoms with Gasteiger partial charge in [-0.15, -0.1) is 0 Å². The van der Waals surface area contributed by atoms with Gasteiger partial charge in [0, 0.05) is 14.2 Å². The topological polar surface area (TPSA) is 42.5 Å². The molecule has 0 fully saturated rings. The van der Waals surface area contributed by atoms with Gasteiger partial charge in [0.25, 0.3) is 0 Å². The summed E-state index contributed by atoms with van der Waals surface area (Å²) in [5.74, 6) is 0. The van der Waals surface area contributed by atoms with Crippen molar-refractivity contribution in [3.05, 3.63) is 29.3 Å². The maximum atomic E-state index is 6.02. The first-order valence-corrected chi connectivity index (χ1v) is 6.24. The second kappa shape index (κ2) is 7.53. The smallest absolute Gasteiger partial charge is 0.176 e. The molecule has 1 rings (SSSR count). The maximum Gasteiger partial charge on any atom is 0.176 e. The molecular weight excluding hydrogens is 272 g/mol. The number of para-hydroxylation sites is 1. The minimum atomic E-state index is -0.365. The Balaban J connectivity index is 2.54. The molecule has 0 heterocycles. The number of hydrogen-bond donors (Lipinski definition) is 2. The van der Waals surface area contributed by atoms with Crippen molar-refractivity contribution in [2.24, 2.45) is 0 Å². The molecule has 0 aliphatic rings. The Kier molecular flexibility index (Phi) is 6.35. The quantitative estimate of drug-likeness (QED) is 0.644. The van der Waals surface area contributed by atoms with E-state index in [9.17, 15) is 0 Å². The Bertz CT molecular complexity index is 399. The summed E-state index contributed by atoms with van der Waals surface area (Å²) in [5.41, 5.74) is 0.759. The van der Waals surface area contributed by atoms with Crippen LogP contribution >= 0.6 is 23.8 Å². The zero-order valence-corrected chi connectivity index (χ0v) is 12.1. The first kappa shape index (κ1) is 15.2. The predicted molar refractivity (Wildman–Crippen MR) is 78.1 cm³/mol. The fourth-order valence-corrected chi connectivity index (χ4v) is 1.98. The van der Waals surface area contributed by atoms with E-state index in [1.165, 1.54) is 0 Å². The largest absolute Gasteiger partial charge is 0.355 e. The lowest BCUT2D eigenvalue weighted by atomic mass is 10.3. The number of ether oxygens (including phenoxy) is 2. The summed E-state index contributed by atoms with van der Waals surface area (Å²) >= 11 is 11.2. The maximum absolute atomic E-state index is 6.02. The van der Waals surface area contributed by atoms with Crippen LogP contribution in [0.25, 0.3) is 0 Å². The summed E-state index contributed by atoms with van der Waals surface area (Å²) in [6.45, 7) is 1.91. The molecule has 0 radical (unpaired) electrons. The third-order valence-corrected chi connectivity index (χ3v) is 2.90. The van der Waals surface area contributed by atoms with E-state index in [2.05, 4.69) is 10.6 Å². The van der Waals surface area contributed by atoms with Crippen molar-refractivity contribution in [1.29, 1.82) is 0 Å². The number of benzene rings is 1. The van der Waals surface area contributed by atoms with E-state index < -0.39 is 0 Å². The first-order chi connectivity index (χ1) is 8.58. The van der Waals surface area contributed by atoms with Gasteiger partial charge in [0.1, 0.15) is 0 Å². The molecule has 1 unspecified atom stereocenters. The van der Waals surface area contributed by atoms with E-state index in [4.69, 9.17) is 33.3 Å². The van der Waals surface area contributed by atoms with Crippen LogP contribution in [0.5, 0.6) is 0 Å². The number of nitrogens with one attached hydrogen (secondary N) is 2. The van der Waals surface area contributed by atoms with Crippen molar-refractivity contribution >= 4 is 34.6 Å². The lowest BCUT2D eigenvalue weighted by Crippen LogP contribution is -2.44. The van der Waals surface area contributed by atoms with Gasteiger partial charge in [0.15, 0.2) is 11.4 Å². The van der Waals surface area contributed by atoms with Crippen molar-refractivity contribution in [1.82, 2.24) is 5.32 Å². The lowest BCUT2D eigenvalue weighted by molar-refractivity contribution is -0.116. The summed E-state index contributed by atoms with van der Waals surface area (Å²) in [7, 11) is 3.16. The summed E-state index contributed by atoms with van der Waals surface area (Å²) in [6.07, 6.45) is -0.365. The van der Waals surface area contributed by atoms with Gasteiger partial charge < -0.3 is 20.1 Å². The van der Waals surface area contributed by atoms with Gasteiger partial charge in [0.05, 0.1) is 16.8 Å². The number of anilines is 1. The third-order valence-electron chi connectivity index (χ3n) is 2.35. The van der Waals surface area contributed by atoms with Gasteiger partial charge in [0.2, 0.25) is 0 Å². The SMILES string of the molecule is COC(OC)C(C)NC(=S)Nc1ccccc1Cl. The molecule has 6 heteroatoms. The van der Waals surface area contributed by atoms with Crippen molar-refractivity contribution in [2.45, 2.75) is 19.3 Å². The molecule has 0 aromatic heterocycles. The third kappa shape index (κ3) is 4.42. The van der Waals surface area contributed by atoms with Crippen LogP contribution in [0.15, 0.2) is 24.3 Å². The lowest BCUT2D eigenvalue weighted by Gasteiger charge is -2.23. The molecule has 1 atom stereocenters. The number of halogens is 1. The summed E-state index contributed by atoms with van der Waals surface area (Å²) in [5, 5.41) is 7.17. The Hall–Kier alpha value is -0.880. The summed E-state index contributed by atoms with van der Waals surface area (Å²) in [4.78, 5) is 0. The fourth-order valence-electron chi connectivity index (χ4n) is 1.50. The molecule has 4 nitrogen and oxygen atoms in total. The number of methoxy groups -OCH3 is 2. The first-order valence-electron chi connectivity index (χ1n) is 5.46. The van der Waals surface area contributed by atoms with E-state index in [-0.39, 0.29) is 12.3 Å². The van der Waals surface area contributed by atoms with E-state index in [0.29, 0.717) is 10.1 Å². The highest BCUT2D eigenvalue weighted by atomic mass is 35.5. The van der Waals surface area contributed by atoms with Crippen molar-refractivity contribution in [3.8, 4) is 0 Å². The number of thiocarbonyl (C=S) groups is 1. The number of rotatable bonds is 5. The van der Waals surface area contributed by atoms with Gasteiger partial charge in [-0.1, -0.05) is 23.7 Å². The molecule has 18 heavy (non-hydrogen) atoms. The average molecular weight is 289 g/mol. The minimum absolute atomic E-state index is 0.0810. The van der Waals surface area contributed by atoms with E-state index in [1.807, 2.05) is 25.1 Å². The molecule has 1 aromatic rings. The highest BCUT2D eigenvalue weighted by Crippen LogP contribution is 2.20. The molecule has 0 bridgehead atoms. The van der Waals surface area contributed by atoms with Crippen molar-refractivity contribution in [3.63, 3.8) is 0 Å². The monoisotopic (exact) mass is 288 g/mol. The molecule has 0 saturated heterocycles. The van der Waals surface area contributed by atoms with Gasteiger partial charge >= 0.3 is 0 Å². The fraction of sp³-hybridized carbons (Fsp3) is 0.417. The van der Waals surface area contributed by atoms with E-state index >= 15 is 0 Å². The number of hydrogen-bond acceptors (Lipinski definition) is 3. The van der Waals surface area contributed by atoms with E-state index in [0.717, 1.165) is 5.69 Å². The van der Waals surface area contributed by atoms with Gasteiger partial charge in [-0.3, -0.25) is 0 Å². The zero-order chi connectivity index (χ0) is 13.5.